The van der Waals surface area contributed by atoms with Gasteiger partial charge in [-0.05, 0) is 23.9 Å². The molecule has 0 aliphatic rings. The molecule has 1 rings (SSSR count). The number of rotatable bonds is 5. The van der Waals surface area contributed by atoms with Gasteiger partial charge in [0, 0.05) is 12.7 Å². The highest BCUT2D eigenvalue weighted by molar-refractivity contribution is 8.13. The van der Waals surface area contributed by atoms with Crippen LogP contribution >= 0.6 is 11.8 Å². The number of carboxylic acids is 1. The van der Waals surface area contributed by atoms with Crippen molar-refractivity contribution in [3.8, 4) is 5.75 Å². The highest BCUT2D eigenvalue weighted by Crippen LogP contribution is 2.21. The fourth-order valence-electron chi connectivity index (χ4n) is 1.18. The van der Waals surface area contributed by atoms with Gasteiger partial charge < -0.3 is 20.3 Å². The molecule has 0 spiro atoms. The van der Waals surface area contributed by atoms with E-state index in [1.54, 1.807) is 12.1 Å². The second kappa shape index (κ2) is 11.1. The van der Waals surface area contributed by atoms with Crippen molar-refractivity contribution < 1.29 is 33.8 Å². The second-order valence-electron chi connectivity index (χ2n) is 3.94. The molecule has 0 saturated heterocycles. The monoisotopic (exact) mass is 343 g/mol. The number of carbonyl (C=O) groups is 4. The molecule has 8 nitrogen and oxygen atoms in total. The van der Waals surface area contributed by atoms with Gasteiger partial charge in [-0.25, -0.2) is 9.59 Å². The summed E-state index contributed by atoms with van der Waals surface area (Å²) in [7, 11) is 1.22. The highest BCUT2D eigenvalue weighted by Gasteiger charge is 2.15. The number of amides is 1. The van der Waals surface area contributed by atoms with E-state index in [1.165, 1.54) is 26.2 Å². The maximum Gasteiger partial charge on any atom is 0.372 e. The van der Waals surface area contributed by atoms with Crippen LogP contribution in [0, 0.1) is 0 Å². The Balaban J connectivity index is 0.00000108. The summed E-state index contributed by atoms with van der Waals surface area (Å²) in [6.45, 7) is 1.31. The first-order chi connectivity index (χ1) is 10.8. The van der Waals surface area contributed by atoms with E-state index in [4.69, 9.17) is 9.84 Å². The summed E-state index contributed by atoms with van der Waals surface area (Å²) < 4.78 is 9.54. The van der Waals surface area contributed by atoms with Gasteiger partial charge >= 0.3 is 17.2 Å². The average molecular weight is 343 g/mol. The number of benzene rings is 1. The van der Waals surface area contributed by atoms with Crippen molar-refractivity contribution >= 4 is 34.9 Å². The third-order valence-corrected chi connectivity index (χ3v) is 2.75. The van der Waals surface area contributed by atoms with Crippen LogP contribution in [0.15, 0.2) is 24.3 Å². The molecule has 126 valence electrons. The Morgan fingerprint density at radius 1 is 1.22 bits per heavy atom. The van der Waals surface area contributed by atoms with Gasteiger partial charge in [0.1, 0.15) is 11.3 Å². The summed E-state index contributed by atoms with van der Waals surface area (Å²) in [6.07, 6.45) is -0.140. The number of methoxy groups -OCH3 is 1. The minimum Gasteiger partial charge on any atom is -0.481 e. The lowest BCUT2D eigenvalue weighted by atomic mass is 10.2. The van der Waals surface area contributed by atoms with Crippen molar-refractivity contribution in [2.24, 2.45) is 5.73 Å². The van der Waals surface area contributed by atoms with Gasteiger partial charge in [-0.2, -0.15) is 0 Å². The molecule has 0 radical (unpaired) electrons. The zero-order valence-corrected chi connectivity index (χ0v) is 13.4. The first-order valence-corrected chi connectivity index (χ1v) is 7.26. The van der Waals surface area contributed by atoms with E-state index < -0.39 is 17.2 Å². The van der Waals surface area contributed by atoms with Crippen LogP contribution in [0.3, 0.4) is 0 Å². The van der Waals surface area contributed by atoms with Gasteiger partial charge in [0.15, 0.2) is 0 Å². The zero-order chi connectivity index (χ0) is 17.8. The van der Waals surface area contributed by atoms with Crippen molar-refractivity contribution in [1.29, 1.82) is 0 Å². The number of carboxylic acid groups (broad SMARTS) is 1. The molecular weight excluding hydrogens is 326 g/mol. The Kier molecular flexibility index (Phi) is 9.85. The number of carbonyl (C=O) groups excluding carboxylic acids is 3. The van der Waals surface area contributed by atoms with Gasteiger partial charge in [-0.1, -0.05) is 12.1 Å². The molecular formula is C14H17NO7S. The van der Waals surface area contributed by atoms with Crippen LogP contribution < -0.4 is 10.5 Å². The van der Waals surface area contributed by atoms with E-state index >= 15 is 0 Å². The first kappa shape index (κ1) is 20.5. The number of aliphatic carboxylic acids is 1. The van der Waals surface area contributed by atoms with E-state index in [0.717, 1.165) is 11.8 Å². The molecule has 0 unspecified atom stereocenters. The Morgan fingerprint density at radius 3 is 2.30 bits per heavy atom. The van der Waals surface area contributed by atoms with Crippen molar-refractivity contribution in [2.75, 3.05) is 12.9 Å². The van der Waals surface area contributed by atoms with Crippen LogP contribution in [0.4, 0.5) is 4.79 Å². The molecule has 1 amide bonds. The molecule has 9 heteroatoms. The molecule has 23 heavy (non-hydrogen) atoms. The summed E-state index contributed by atoms with van der Waals surface area (Å²) in [5.74, 6) is -1.74. The van der Waals surface area contributed by atoms with Crippen molar-refractivity contribution in [1.82, 2.24) is 0 Å². The Labute approximate surface area is 136 Å². The van der Waals surface area contributed by atoms with Crippen molar-refractivity contribution in [3.05, 3.63) is 29.8 Å². The summed E-state index contributed by atoms with van der Waals surface area (Å²) in [5, 5.41) is 7.77. The highest BCUT2D eigenvalue weighted by atomic mass is 32.2. The number of hydrogen-bond donors (Lipinski definition) is 2. The molecule has 3 N–H and O–H groups in total. The number of primary amides is 1. The van der Waals surface area contributed by atoms with Crippen LogP contribution in [0.1, 0.15) is 23.7 Å². The minimum atomic E-state index is -0.990. The van der Waals surface area contributed by atoms with Crippen LogP contribution in [0.25, 0.3) is 0 Å². The molecule has 1 aromatic carbocycles. The maximum absolute atomic E-state index is 11.5. The van der Waals surface area contributed by atoms with E-state index in [2.05, 4.69) is 10.5 Å². The first-order valence-electron chi connectivity index (χ1n) is 6.27. The third kappa shape index (κ3) is 9.91. The summed E-state index contributed by atoms with van der Waals surface area (Å²) in [6, 6.07) is 6.15. The normalized spacial score (nSPS) is 9.13. The zero-order valence-electron chi connectivity index (χ0n) is 12.6. The molecule has 0 aliphatic heterocycles. The molecule has 0 fully saturated rings. The fourth-order valence-corrected chi connectivity index (χ4v) is 1.77. The SMILES string of the molecule is CC(N)=O.COC(=O)c1ccccc1OC(=O)SCCC(=O)O. The van der Waals surface area contributed by atoms with Crippen LogP contribution in [0.5, 0.6) is 5.75 Å². The van der Waals surface area contributed by atoms with Crippen LogP contribution in [-0.2, 0) is 14.3 Å². The lowest BCUT2D eigenvalue weighted by molar-refractivity contribution is -0.136. The molecule has 0 bridgehead atoms. The number of ether oxygens (including phenoxy) is 2. The summed E-state index contributed by atoms with van der Waals surface area (Å²) in [4.78, 5) is 42.4. The lowest BCUT2D eigenvalue weighted by Crippen LogP contribution is -2.09. The number of hydrogen-bond acceptors (Lipinski definition) is 7. The average Bonchev–Trinajstić information content (AvgIpc) is 2.46. The standard InChI is InChI=1S/C12H12O6S.C2H5NO/c1-17-11(15)8-4-2-3-5-9(8)18-12(16)19-7-6-10(13)14;1-2(3)4/h2-5H,6-7H2,1H3,(H,13,14);1H3,(H2,3,4). The lowest BCUT2D eigenvalue weighted by Gasteiger charge is -2.07. The van der Waals surface area contributed by atoms with Crippen molar-refractivity contribution in [3.63, 3.8) is 0 Å². The summed E-state index contributed by atoms with van der Waals surface area (Å²) in [5.41, 5.74) is 4.61. The van der Waals surface area contributed by atoms with Gasteiger partial charge in [0.25, 0.3) is 0 Å². The quantitative estimate of drug-likeness (QED) is 0.771. The van der Waals surface area contributed by atoms with Gasteiger partial charge in [-0.3, -0.25) is 9.59 Å². The second-order valence-corrected chi connectivity index (χ2v) is 4.97. The predicted molar refractivity (Wildman–Crippen MR) is 83.4 cm³/mol. The van der Waals surface area contributed by atoms with E-state index in [9.17, 15) is 19.2 Å². The molecule has 0 aromatic heterocycles. The van der Waals surface area contributed by atoms with Crippen molar-refractivity contribution in [2.45, 2.75) is 13.3 Å². The fraction of sp³-hybridized carbons (Fsp3) is 0.286. The number of para-hydroxylation sites is 1. The number of thioether (sulfide) groups is 1. The smallest absolute Gasteiger partial charge is 0.372 e. The van der Waals surface area contributed by atoms with E-state index in [-0.39, 0.29) is 29.4 Å². The minimum absolute atomic E-state index is 0.0853. The molecule has 0 saturated carbocycles. The van der Waals surface area contributed by atoms with Gasteiger partial charge in [0.2, 0.25) is 5.91 Å². The topological polar surface area (TPSA) is 133 Å². The maximum atomic E-state index is 11.5. The van der Waals surface area contributed by atoms with Crippen LogP contribution in [0.2, 0.25) is 0 Å². The largest absolute Gasteiger partial charge is 0.481 e. The molecule has 0 atom stereocenters. The molecule has 0 aliphatic carbocycles. The Bertz CT molecular complexity index is 570. The summed E-state index contributed by atoms with van der Waals surface area (Å²) >= 11 is 0.734. The molecule has 1 aromatic rings. The third-order valence-electron chi connectivity index (χ3n) is 2.02. The van der Waals surface area contributed by atoms with Gasteiger partial charge in [-0.15, -0.1) is 0 Å². The van der Waals surface area contributed by atoms with E-state index in [0.29, 0.717) is 0 Å². The Hall–Kier alpha value is -2.55. The Morgan fingerprint density at radius 2 is 1.78 bits per heavy atom. The number of nitrogens with two attached hydrogens (primary N) is 1. The van der Waals surface area contributed by atoms with Crippen LogP contribution in [-0.4, -0.2) is 41.1 Å². The van der Waals surface area contributed by atoms with Gasteiger partial charge in [0.05, 0.1) is 13.5 Å². The number of esters is 1. The van der Waals surface area contributed by atoms with E-state index in [1.807, 2.05) is 0 Å². The molecule has 0 heterocycles. The predicted octanol–water partition coefficient (Wildman–Crippen LogP) is 1.67.